The lowest BCUT2D eigenvalue weighted by atomic mass is 9.90. The Morgan fingerprint density at radius 2 is 2.00 bits per heavy atom. The van der Waals surface area contributed by atoms with Crippen LogP contribution in [0, 0.1) is 11.7 Å². The fourth-order valence-corrected chi connectivity index (χ4v) is 3.59. The molecule has 0 spiro atoms. The van der Waals surface area contributed by atoms with Crippen LogP contribution in [0.2, 0.25) is 0 Å². The molecule has 1 aromatic heterocycles. The Kier molecular flexibility index (Phi) is 3.70. The van der Waals surface area contributed by atoms with Gasteiger partial charge in [-0.2, -0.15) is 5.10 Å². The minimum Gasteiger partial charge on any atom is -0.302 e. The number of nitrogens with zero attached hydrogens (tertiary/aromatic N) is 2. The van der Waals surface area contributed by atoms with Gasteiger partial charge in [-0.25, -0.2) is 4.39 Å². The summed E-state index contributed by atoms with van der Waals surface area (Å²) in [5, 5.41) is 7.46. The molecule has 116 valence electrons. The second-order valence-corrected chi connectivity index (χ2v) is 6.75. The van der Waals surface area contributed by atoms with Crippen LogP contribution in [-0.2, 0) is 0 Å². The first kappa shape index (κ1) is 13.9. The Labute approximate surface area is 130 Å². The minimum absolute atomic E-state index is 0.193. The third-order valence-electron chi connectivity index (χ3n) is 4.95. The molecule has 1 aliphatic heterocycles. The van der Waals surface area contributed by atoms with Gasteiger partial charge >= 0.3 is 0 Å². The lowest BCUT2D eigenvalue weighted by Crippen LogP contribution is -2.36. The fourth-order valence-electron chi connectivity index (χ4n) is 3.59. The van der Waals surface area contributed by atoms with Gasteiger partial charge in [-0.3, -0.25) is 5.10 Å². The monoisotopic (exact) mass is 299 g/mol. The number of hydrogen-bond acceptors (Lipinski definition) is 2. The van der Waals surface area contributed by atoms with Crippen molar-refractivity contribution in [1.29, 1.82) is 0 Å². The Morgan fingerprint density at radius 3 is 2.77 bits per heavy atom. The van der Waals surface area contributed by atoms with Gasteiger partial charge in [0.2, 0.25) is 0 Å². The molecule has 2 aliphatic rings. The van der Waals surface area contributed by atoms with E-state index >= 15 is 0 Å². The molecule has 1 atom stereocenters. The van der Waals surface area contributed by atoms with E-state index < -0.39 is 0 Å². The van der Waals surface area contributed by atoms with Gasteiger partial charge in [-0.05, 0) is 55.8 Å². The Balaban J connectivity index is 1.54. The maximum Gasteiger partial charge on any atom is 0.123 e. The molecule has 0 amide bonds. The van der Waals surface area contributed by atoms with Crippen LogP contribution < -0.4 is 0 Å². The van der Waals surface area contributed by atoms with E-state index in [-0.39, 0.29) is 5.82 Å². The van der Waals surface area contributed by atoms with Crippen molar-refractivity contribution in [3.05, 3.63) is 42.0 Å². The maximum absolute atomic E-state index is 13.1. The van der Waals surface area contributed by atoms with E-state index in [1.807, 2.05) is 18.3 Å². The van der Waals surface area contributed by atoms with Crippen molar-refractivity contribution in [3.8, 4) is 11.1 Å². The van der Waals surface area contributed by atoms with Crippen molar-refractivity contribution < 1.29 is 4.39 Å². The van der Waals surface area contributed by atoms with Crippen LogP contribution in [0.5, 0.6) is 0 Å². The zero-order valence-corrected chi connectivity index (χ0v) is 12.8. The van der Waals surface area contributed by atoms with Gasteiger partial charge in [0, 0.05) is 30.3 Å². The van der Waals surface area contributed by atoms with Crippen LogP contribution >= 0.6 is 0 Å². The molecule has 1 unspecified atom stereocenters. The molecule has 1 aliphatic carbocycles. The molecular formula is C18H22FN3. The molecule has 0 bridgehead atoms. The highest BCUT2D eigenvalue weighted by Gasteiger charge is 2.29. The summed E-state index contributed by atoms with van der Waals surface area (Å²) in [5.74, 6) is 1.26. The van der Waals surface area contributed by atoms with Crippen LogP contribution in [0.1, 0.15) is 37.3 Å². The number of hydrogen-bond donors (Lipinski definition) is 1. The van der Waals surface area contributed by atoms with Gasteiger partial charge in [0.1, 0.15) is 5.82 Å². The number of rotatable bonds is 4. The van der Waals surface area contributed by atoms with Crippen LogP contribution in [-0.4, -0.2) is 34.7 Å². The van der Waals surface area contributed by atoms with E-state index in [4.69, 9.17) is 0 Å². The second kappa shape index (κ2) is 5.84. The Morgan fingerprint density at radius 1 is 1.18 bits per heavy atom. The van der Waals surface area contributed by atoms with E-state index in [0.29, 0.717) is 5.92 Å². The Bertz CT molecular complexity index is 630. The topological polar surface area (TPSA) is 31.9 Å². The third kappa shape index (κ3) is 2.93. The van der Waals surface area contributed by atoms with Gasteiger partial charge < -0.3 is 4.90 Å². The normalized spacial score (nSPS) is 22.9. The van der Waals surface area contributed by atoms with Gasteiger partial charge in [0.05, 0.1) is 6.20 Å². The number of likely N-dealkylation sites (tertiary alicyclic amines) is 1. The molecule has 0 radical (unpaired) electrons. The Hall–Kier alpha value is -1.68. The summed E-state index contributed by atoms with van der Waals surface area (Å²) < 4.78 is 13.1. The highest BCUT2D eigenvalue weighted by molar-refractivity contribution is 5.65. The molecule has 4 heteroatoms. The van der Waals surface area contributed by atoms with Gasteiger partial charge in [-0.15, -0.1) is 0 Å². The van der Waals surface area contributed by atoms with Crippen molar-refractivity contribution >= 4 is 0 Å². The highest BCUT2D eigenvalue weighted by atomic mass is 19.1. The number of H-pyrrole nitrogens is 1. The van der Waals surface area contributed by atoms with Crippen LogP contribution in [0.4, 0.5) is 4.39 Å². The predicted molar refractivity (Wildman–Crippen MR) is 85.1 cm³/mol. The summed E-state index contributed by atoms with van der Waals surface area (Å²) in [6.07, 6.45) is 7.15. The van der Waals surface area contributed by atoms with Crippen molar-refractivity contribution in [2.75, 3.05) is 19.6 Å². The summed E-state index contributed by atoms with van der Waals surface area (Å²) in [6, 6.07) is 6.72. The van der Waals surface area contributed by atoms with Crippen LogP contribution in [0.3, 0.4) is 0 Å². The van der Waals surface area contributed by atoms with Crippen molar-refractivity contribution in [2.45, 2.75) is 31.6 Å². The maximum atomic E-state index is 13.1. The van der Waals surface area contributed by atoms with Crippen LogP contribution in [0.25, 0.3) is 11.1 Å². The predicted octanol–water partition coefficient (Wildman–Crippen LogP) is 3.81. The quantitative estimate of drug-likeness (QED) is 0.931. The molecule has 4 rings (SSSR count). The average Bonchev–Trinajstić information content (AvgIpc) is 3.21. The molecular weight excluding hydrogens is 277 g/mol. The van der Waals surface area contributed by atoms with E-state index in [9.17, 15) is 4.39 Å². The van der Waals surface area contributed by atoms with Gasteiger partial charge in [0.15, 0.2) is 0 Å². The molecule has 2 aromatic rings. The summed E-state index contributed by atoms with van der Waals surface area (Å²) in [5.41, 5.74) is 3.38. The minimum atomic E-state index is -0.193. The standard InChI is InChI=1S/C18H22FN3/c19-16-7-5-14(6-8-16)17-10-20-21-18(17)15-2-1-9-22(12-15)11-13-3-4-13/h5-8,10,13,15H,1-4,9,11-12H2,(H,20,21). The number of benzene rings is 1. The van der Waals surface area contributed by atoms with Crippen LogP contribution in [0.15, 0.2) is 30.5 Å². The first-order valence-electron chi connectivity index (χ1n) is 8.31. The average molecular weight is 299 g/mol. The first-order valence-corrected chi connectivity index (χ1v) is 8.31. The van der Waals surface area contributed by atoms with E-state index in [2.05, 4.69) is 15.1 Å². The molecule has 22 heavy (non-hydrogen) atoms. The number of piperidine rings is 1. The fraction of sp³-hybridized carbons (Fsp3) is 0.500. The third-order valence-corrected chi connectivity index (χ3v) is 4.95. The molecule has 2 fully saturated rings. The molecule has 3 nitrogen and oxygen atoms in total. The number of aromatic amines is 1. The number of nitrogens with one attached hydrogen (secondary N) is 1. The van der Waals surface area contributed by atoms with Crippen molar-refractivity contribution in [3.63, 3.8) is 0 Å². The zero-order valence-electron chi connectivity index (χ0n) is 12.8. The summed E-state index contributed by atoms with van der Waals surface area (Å²) in [7, 11) is 0. The van der Waals surface area contributed by atoms with Crippen molar-refractivity contribution in [1.82, 2.24) is 15.1 Å². The van der Waals surface area contributed by atoms with E-state index in [1.54, 1.807) is 0 Å². The van der Waals surface area contributed by atoms with Gasteiger partial charge in [-0.1, -0.05) is 12.1 Å². The molecule has 2 heterocycles. The highest BCUT2D eigenvalue weighted by Crippen LogP contribution is 2.35. The SMILES string of the molecule is Fc1ccc(-c2cn[nH]c2C2CCCN(CC3CC3)C2)cc1. The summed E-state index contributed by atoms with van der Waals surface area (Å²) >= 11 is 0. The number of halogens is 1. The molecule has 1 N–H and O–H groups in total. The number of aromatic nitrogens is 2. The van der Waals surface area contributed by atoms with Crippen molar-refractivity contribution in [2.24, 2.45) is 5.92 Å². The summed E-state index contributed by atoms with van der Waals surface area (Å²) in [4.78, 5) is 2.61. The van der Waals surface area contributed by atoms with Gasteiger partial charge in [0.25, 0.3) is 0 Å². The smallest absolute Gasteiger partial charge is 0.123 e. The van der Waals surface area contributed by atoms with E-state index in [1.165, 1.54) is 56.6 Å². The largest absolute Gasteiger partial charge is 0.302 e. The second-order valence-electron chi connectivity index (χ2n) is 6.75. The molecule has 1 aromatic carbocycles. The lowest BCUT2D eigenvalue weighted by Gasteiger charge is -2.32. The molecule has 1 saturated carbocycles. The summed E-state index contributed by atoms with van der Waals surface area (Å²) in [6.45, 7) is 3.61. The lowest BCUT2D eigenvalue weighted by molar-refractivity contribution is 0.199. The zero-order chi connectivity index (χ0) is 14.9. The molecule has 1 saturated heterocycles. The van der Waals surface area contributed by atoms with E-state index in [0.717, 1.165) is 23.6 Å². The first-order chi connectivity index (χ1) is 10.8.